The second-order valence-corrected chi connectivity index (χ2v) is 9.66. The van der Waals surface area contributed by atoms with Crippen molar-refractivity contribution >= 4 is 21.5 Å². The molecule has 0 radical (unpaired) electrons. The van der Waals surface area contributed by atoms with Crippen molar-refractivity contribution in [2.75, 3.05) is 57.8 Å². The van der Waals surface area contributed by atoms with Crippen molar-refractivity contribution < 1.29 is 22.3 Å². The molecule has 2 aliphatic rings. The number of rotatable bonds is 6. The van der Waals surface area contributed by atoms with Gasteiger partial charge in [0.1, 0.15) is 11.6 Å². The van der Waals surface area contributed by atoms with Gasteiger partial charge in [-0.2, -0.15) is 4.31 Å². The van der Waals surface area contributed by atoms with Crippen LogP contribution < -0.4 is 9.64 Å². The summed E-state index contributed by atoms with van der Waals surface area (Å²) in [6.07, 6.45) is 0.641. The van der Waals surface area contributed by atoms with Crippen LogP contribution in [0.15, 0.2) is 47.4 Å². The first kappa shape index (κ1) is 21.7. The number of Topliss-reactive ketones (excluding diaryl/α,β-unsaturated/α-hetero) is 1. The molecule has 1 fully saturated rings. The average Bonchev–Trinajstić information content (AvgIpc) is 2.78. The third-order valence-corrected chi connectivity index (χ3v) is 7.76. The number of carbonyl (C=O) groups is 1. The van der Waals surface area contributed by atoms with Gasteiger partial charge in [0.15, 0.2) is 5.78 Å². The number of fused-ring (bicyclic) bond motifs is 1. The molecule has 166 valence electrons. The highest BCUT2D eigenvalue weighted by molar-refractivity contribution is 7.89. The zero-order chi connectivity index (χ0) is 22.0. The molecule has 2 aliphatic heterocycles. The van der Waals surface area contributed by atoms with Crippen LogP contribution >= 0.6 is 0 Å². The summed E-state index contributed by atoms with van der Waals surface area (Å²) in [5, 5.41) is 0. The van der Waals surface area contributed by atoms with Crippen molar-refractivity contribution in [2.45, 2.75) is 11.3 Å². The molecule has 2 aromatic rings. The van der Waals surface area contributed by atoms with E-state index in [1.165, 1.54) is 29.6 Å². The van der Waals surface area contributed by atoms with Gasteiger partial charge in [-0.15, -0.1) is 0 Å². The first-order valence-electron chi connectivity index (χ1n) is 10.3. The third-order valence-electron chi connectivity index (χ3n) is 5.87. The third kappa shape index (κ3) is 4.44. The molecule has 1 saturated heterocycles. The minimum Gasteiger partial charge on any atom is -0.496 e. The molecule has 0 unspecified atom stereocenters. The van der Waals surface area contributed by atoms with Gasteiger partial charge in [0, 0.05) is 38.4 Å². The number of methoxy groups -OCH3 is 1. The van der Waals surface area contributed by atoms with Crippen LogP contribution in [-0.4, -0.2) is 76.3 Å². The quantitative estimate of drug-likeness (QED) is 0.677. The first-order valence-corrected chi connectivity index (χ1v) is 11.8. The van der Waals surface area contributed by atoms with E-state index in [1.807, 2.05) is 0 Å². The van der Waals surface area contributed by atoms with E-state index in [0.29, 0.717) is 18.7 Å². The van der Waals surface area contributed by atoms with Crippen LogP contribution in [0.4, 0.5) is 10.1 Å². The number of ether oxygens (including phenoxy) is 1. The molecule has 2 aromatic carbocycles. The number of hydrogen-bond acceptors (Lipinski definition) is 6. The minimum atomic E-state index is -3.72. The predicted octanol–water partition coefficient (Wildman–Crippen LogP) is 2.23. The van der Waals surface area contributed by atoms with E-state index >= 15 is 0 Å². The lowest BCUT2D eigenvalue weighted by Gasteiger charge is -2.36. The van der Waals surface area contributed by atoms with E-state index in [0.717, 1.165) is 38.4 Å². The lowest BCUT2D eigenvalue weighted by atomic mass is 10.1. The van der Waals surface area contributed by atoms with Crippen LogP contribution in [-0.2, 0) is 10.0 Å². The Bertz CT molecular complexity index is 1050. The fourth-order valence-corrected chi connectivity index (χ4v) is 5.84. The number of ketones is 1. The van der Waals surface area contributed by atoms with Crippen LogP contribution in [0.25, 0.3) is 0 Å². The number of hydrogen-bond donors (Lipinski definition) is 0. The molecule has 0 bridgehead atoms. The Labute approximate surface area is 182 Å². The summed E-state index contributed by atoms with van der Waals surface area (Å²) in [5.74, 6) is -0.186. The highest BCUT2D eigenvalue weighted by Crippen LogP contribution is 2.32. The summed E-state index contributed by atoms with van der Waals surface area (Å²) >= 11 is 0. The number of carbonyl (C=O) groups excluding carboxylic acids is 1. The van der Waals surface area contributed by atoms with Crippen LogP contribution in [0.3, 0.4) is 0 Å². The van der Waals surface area contributed by atoms with E-state index in [-0.39, 0.29) is 28.6 Å². The largest absolute Gasteiger partial charge is 0.496 e. The normalized spacial score (nSPS) is 19.3. The molecule has 31 heavy (non-hydrogen) atoms. The van der Waals surface area contributed by atoms with Crippen molar-refractivity contribution in [2.24, 2.45) is 0 Å². The fraction of sp³-hybridized carbons (Fsp3) is 0.409. The van der Waals surface area contributed by atoms with Crippen molar-refractivity contribution in [1.29, 1.82) is 0 Å². The van der Waals surface area contributed by atoms with Gasteiger partial charge in [0.25, 0.3) is 0 Å². The highest BCUT2D eigenvalue weighted by atomic mass is 32.2. The summed E-state index contributed by atoms with van der Waals surface area (Å²) in [6, 6.07) is 11.2. The average molecular weight is 448 g/mol. The molecule has 0 atom stereocenters. The van der Waals surface area contributed by atoms with Gasteiger partial charge in [0.05, 0.1) is 24.1 Å². The van der Waals surface area contributed by atoms with Crippen molar-refractivity contribution in [3.05, 3.63) is 53.8 Å². The van der Waals surface area contributed by atoms with Crippen LogP contribution in [0.5, 0.6) is 5.75 Å². The Morgan fingerprint density at radius 2 is 1.71 bits per heavy atom. The Kier molecular flexibility index (Phi) is 6.27. The van der Waals surface area contributed by atoms with Crippen LogP contribution in [0.2, 0.25) is 0 Å². The van der Waals surface area contributed by atoms with Crippen molar-refractivity contribution in [3.8, 4) is 5.75 Å². The second-order valence-electron chi connectivity index (χ2n) is 7.75. The van der Waals surface area contributed by atoms with Gasteiger partial charge in [-0.3, -0.25) is 9.69 Å². The van der Waals surface area contributed by atoms with E-state index in [4.69, 9.17) is 4.74 Å². The maximum absolute atomic E-state index is 13.1. The van der Waals surface area contributed by atoms with Crippen molar-refractivity contribution in [3.63, 3.8) is 0 Å². The second kappa shape index (κ2) is 8.94. The Balaban J connectivity index is 1.32. The Morgan fingerprint density at radius 1 is 1.00 bits per heavy atom. The van der Waals surface area contributed by atoms with E-state index in [9.17, 15) is 17.6 Å². The maximum Gasteiger partial charge on any atom is 0.244 e. The number of benzene rings is 2. The first-order chi connectivity index (χ1) is 14.9. The van der Waals surface area contributed by atoms with Gasteiger partial charge in [-0.1, -0.05) is 6.07 Å². The molecule has 7 nitrogen and oxygen atoms in total. The highest BCUT2D eigenvalue weighted by Gasteiger charge is 2.37. The molecule has 0 N–H and O–H groups in total. The molecule has 9 heteroatoms. The zero-order valence-electron chi connectivity index (χ0n) is 17.5. The lowest BCUT2D eigenvalue weighted by molar-refractivity contribution is 0.0950. The standard InChI is InChI=1S/C22H26FN3O4S/c1-30-20-4-2-5-21-22(20)19(27)16-26(31(21,28)29)11-3-10-24-12-14-25(15-13-24)18-8-6-17(23)7-9-18/h2,4-9H,3,10-16H2,1H3. The Hall–Kier alpha value is -2.49. The molecular weight excluding hydrogens is 421 g/mol. The van der Waals surface area contributed by atoms with Gasteiger partial charge in [-0.05, 0) is 49.4 Å². The molecular formula is C22H26FN3O4S. The van der Waals surface area contributed by atoms with Gasteiger partial charge in [0.2, 0.25) is 10.0 Å². The number of sulfonamides is 1. The fourth-order valence-electron chi connectivity index (χ4n) is 4.19. The molecule has 0 aliphatic carbocycles. The van der Waals surface area contributed by atoms with Gasteiger partial charge < -0.3 is 9.64 Å². The van der Waals surface area contributed by atoms with E-state index < -0.39 is 10.0 Å². The predicted molar refractivity (Wildman–Crippen MR) is 116 cm³/mol. The van der Waals surface area contributed by atoms with Crippen LogP contribution in [0.1, 0.15) is 16.8 Å². The molecule has 0 spiro atoms. The van der Waals surface area contributed by atoms with E-state index in [1.54, 1.807) is 24.3 Å². The van der Waals surface area contributed by atoms with Crippen molar-refractivity contribution in [1.82, 2.24) is 9.21 Å². The number of piperazine rings is 1. The van der Waals surface area contributed by atoms with Gasteiger partial charge >= 0.3 is 0 Å². The Morgan fingerprint density at radius 3 is 2.39 bits per heavy atom. The summed E-state index contributed by atoms with van der Waals surface area (Å²) in [6.45, 7) is 4.25. The molecule has 4 rings (SSSR count). The smallest absolute Gasteiger partial charge is 0.244 e. The van der Waals surface area contributed by atoms with Crippen LogP contribution in [0, 0.1) is 5.82 Å². The van der Waals surface area contributed by atoms with Gasteiger partial charge in [-0.25, -0.2) is 12.8 Å². The zero-order valence-corrected chi connectivity index (χ0v) is 18.3. The number of nitrogens with zero attached hydrogens (tertiary/aromatic N) is 3. The maximum atomic E-state index is 13.1. The number of halogens is 1. The lowest BCUT2D eigenvalue weighted by Crippen LogP contribution is -2.47. The summed E-state index contributed by atoms with van der Waals surface area (Å²) < 4.78 is 45.6. The summed E-state index contributed by atoms with van der Waals surface area (Å²) in [7, 11) is -2.30. The summed E-state index contributed by atoms with van der Waals surface area (Å²) in [4.78, 5) is 17.1. The van der Waals surface area contributed by atoms with E-state index in [2.05, 4.69) is 9.80 Å². The topological polar surface area (TPSA) is 70.2 Å². The minimum absolute atomic E-state index is 0.0241. The SMILES string of the molecule is COc1cccc2c1C(=O)CN(CCCN1CCN(c3ccc(F)cc3)CC1)S2(=O)=O. The monoisotopic (exact) mass is 447 g/mol. The number of anilines is 1. The molecule has 0 amide bonds. The summed E-state index contributed by atoms with van der Waals surface area (Å²) in [5.41, 5.74) is 1.16. The molecule has 0 aromatic heterocycles. The molecule has 0 saturated carbocycles. The molecule has 2 heterocycles.